The van der Waals surface area contributed by atoms with Crippen LogP contribution in [0.4, 0.5) is 10.5 Å². The maximum atomic E-state index is 11.5. The minimum atomic E-state index is -1.11. The summed E-state index contributed by atoms with van der Waals surface area (Å²) in [7, 11) is 1.58. The Balaban J connectivity index is 2.56. The van der Waals surface area contributed by atoms with Gasteiger partial charge in [-0.3, -0.25) is 0 Å². The molecule has 0 saturated heterocycles. The summed E-state index contributed by atoms with van der Waals surface area (Å²) in [6, 6.07) is 3.70. The van der Waals surface area contributed by atoms with Crippen molar-refractivity contribution in [2.45, 2.75) is 6.42 Å². The van der Waals surface area contributed by atoms with Crippen molar-refractivity contribution >= 4 is 29.3 Å². The van der Waals surface area contributed by atoms with Gasteiger partial charge in [-0.05, 0) is 24.6 Å². The van der Waals surface area contributed by atoms with Crippen molar-refractivity contribution in [2.75, 3.05) is 25.6 Å². The van der Waals surface area contributed by atoms with Gasteiger partial charge in [0.2, 0.25) is 0 Å². The maximum absolute atomic E-state index is 11.5. The number of urea groups is 1. The molecule has 0 bridgehead atoms. The summed E-state index contributed by atoms with van der Waals surface area (Å²) >= 11 is 5.77. The van der Waals surface area contributed by atoms with Crippen molar-refractivity contribution in [1.82, 2.24) is 5.32 Å². The van der Waals surface area contributed by atoms with Crippen LogP contribution in [-0.2, 0) is 4.74 Å². The number of hydrogen-bond acceptors (Lipinski definition) is 3. The second-order valence-electron chi connectivity index (χ2n) is 3.76. The van der Waals surface area contributed by atoms with Crippen molar-refractivity contribution < 1.29 is 19.4 Å². The van der Waals surface area contributed by atoms with Gasteiger partial charge in [0.05, 0.1) is 5.56 Å². The van der Waals surface area contributed by atoms with Crippen molar-refractivity contribution in [3.63, 3.8) is 0 Å². The molecule has 0 aliphatic carbocycles. The van der Waals surface area contributed by atoms with Gasteiger partial charge >= 0.3 is 12.0 Å². The molecule has 3 N–H and O–H groups in total. The SMILES string of the molecule is COCCCNC(=O)Nc1cc(Cl)cc(C(=O)O)c1. The average molecular weight is 287 g/mol. The fourth-order valence-electron chi connectivity index (χ4n) is 1.38. The predicted molar refractivity (Wildman–Crippen MR) is 71.9 cm³/mol. The number of methoxy groups -OCH3 is 1. The molecule has 1 rings (SSSR count). The van der Waals surface area contributed by atoms with Crippen molar-refractivity contribution in [3.8, 4) is 0 Å². The van der Waals surface area contributed by atoms with Crippen LogP contribution < -0.4 is 10.6 Å². The summed E-state index contributed by atoms with van der Waals surface area (Å²) in [5.41, 5.74) is 0.344. The molecule has 0 fully saturated rings. The molecule has 0 aromatic heterocycles. The molecule has 0 heterocycles. The maximum Gasteiger partial charge on any atom is 0.335 e. The number of aromatic carboxylic acids is 1. The Labute approximate surface area is 115 Å². The molecule has 0 radical (unpaired) electrons. The van der Waals surface area contributed by atoms with Gasteiger partial charge in [0.25, 0.3) is 0 Å². The number of ether oxygens (including phenoxy) is 1. The van der Waals surface area contributed by atoms with Gasteiger partial charge in [-0.2, -0.15) is 0 Å². The number of carboxylic acids is 1. The standard InChI is InChI=1S/C12H15ClN2O4/c1-19-4-2-3-14-12(18)15-10-6-8(11(16)17)5-9(13)7-10/h5-7H,2-4H2,1H3,(H,16,17)(H2,14,15,18). The number of carboxylic acid groups (broad SMARTS) is 1. The van der Waals surface area contributed by atoms with Crippen LogP contribution in [0.1, 0.15) is 16.8 Å². The normalized spacial score (nSPS) is 10.0. The first-order chi connectivity index (χ1) is 9.02. The van der Waals surface area contributed by atoms with Gasteiger partial charge < -0.3 is 20.5 Å². The summed E-state index contributed by atoms with van der Waals surface area (Å²) in [4.78, 5) is 22.3. The fourth-order valence-corrected chi connectivity index (χ4v) is 1.61. The van der Waals surface area contributed by atoms with Crippen LogP contribution in [0.25, 0.3) is 0 Å². The van der Waals surface area contributed by atoms with E-state index in [1.165, 1.54) is 18.2 Å². The van der Waals surface area contributed by atoms with E-state index in [0.29, 0.717) is 25.3 Å². The summed E-state index contributed by atoms with van der Waals surface area (Å²) in [5, 5.41) is 14.2. The zero-order valence-corrected chi connectivity index (χ0v) is 11.2. The molecule has 1 aromatic carbocycles. The zero-order chi connectivity index (χ0) is 14.3. The Morgan fingerprint density at radius 2 is 2.11 bits per heavy atom. The smallest absolute Gasteiger partial charge is 0.335 e. The van der Waals surface area contributed by atoms with Gasteiger partial charge in [0.15, 0.2) is 0 Å². The third-order valence-corrected chi connectivity index (χ3v) is 2.43. The third-order valence-electron chi connectivity index (χ3n) is 2.21. The first-order valence-corrected chi connectivity index (χ1v) is 5.98. The molecule has 7 heteroatoms. The number of benzene rings is 1. The summed E-state index contributed by atoms with van der Waals surface area (Å²) in [5.74, 6) is -1.11. The number of carbonyl (C=O) groups excluding carboxylic acids is 1. The highest BCUT2D eigenvalue weighted by atomic mass is 35.5. The van der Waals surface area contributed by atoms with Gasteiger partial charge in [-0.1, -0.05) is 11.6 Å². The van der Waals surface area contributed by atoms with Crippen LogP contribution in [0.5, 0.6) is 0 Å². The van der Waals surface area contributed by atoms with E-state index < -0.39 is 12.0 Å². The Kier molecular flexibility index (Phi) is 6.11. The van der Waals surface area contributed by atoms with E-state index >= 15 is 0 Å². The van der Waals surface area contributed by atoms with Gasteiger partial charge in [-0.25, -0.2) is 9.59 Å². The highest BCUT2D eigenvalue weighted by Crippen LogP contribution is 2.19. The third kappa shape index (κ3) is 5.58. The lowest BCUT2D eigenvalue weighted by atomic mass is 10.2. The first-order valence-electron chi connectivity index (χ1n) is 5.60. The van der Waals surface area contributed by atoms with Crippen LogP contribution in [0.3, 0.4) is 0 Å². The van der Waals surface area contributed by atoms with E-state index in [2.05, 4.69) is 10.6 Å². The number of amides is 2. The van der Waals surface area contributed by atoms with E-state index in [9.17, 15) is 9.59 Å². The molecule has 104 valence electrons. The van der Waals surface area contributed by atoms with E-state index in [1.54, 1.807) is 7.11 Å². The van der Waals surface area contributed by atoms with Gasteiger partial charge in [0, 0.05) is 31.0 Å². The quantitative estimate of drug-likeness (QED) is 0.700. The Morgan fingerprint density at radius 3 is 2.74 bits per heavy atom. The summed E-state index contributed by atoms with van der Waals surface area (Å²) in [6.07, 6.45) is 0.694. The van der Waals surface area contributed by atoms with Gasteiger partial charge in [0.1, 0.15) is 0 Å². The van der Waals surface area contributed by atoms with E-state index in [0.717, 1.165) is 0 Å². The second kappa shape index (κ2) is 7.60. The molecule has 2 amide bonds. The minimum absolute atomic E-state index is 0.0159. The van der Waals surface area contributed by atoms with Crippen LogP contribution >= 0.6 is 11.6 Å². The number of anilines is 1. The summed E-state index contributed by atoms with van der Waals surface area (Å²) in [6.45, 7) is 1.02. The Hall–Kier alpha value is -1.79. The highest BCUT2D eigenvalue weighted by molar-refractivity contribution is 6.31. The van der Waals surface area contributed by atoms with Crippen molar-refractivity contribution in [3.05, 3.63) is 28.8 Å². The first kappa shape index (κ1) is 15.3. The van der Waals surface area contributed by atoms with Crippen LogP contribution in [0.15, 0.2) is 18.2 Å². The molecule has 0 atom stereocenters. The predicted octanol–water partition coefficient (Wildman–Crippen LogP) is 2.20. The number of nitrogens with one attached hydrogen (secondary N) is 2. The lowest BCUT2D eigenvalue weighted by molar-refractivity contribution is 0.0697. The lowest BCUT2D eigenvalue weighted by Crippen LogP contribution is -2.30. The van der Waals surface area contributed by atoms with Crippen LogP contribution in [-0.4, -0.2) is 37.4 Å². The van der Waals surface area contributed by atoms with Crippen LogP contribution in [0, 0.1) is 0 Å². The number of rotatable bonds is 6. The number of hydrogen-bond donors (Lipinski definition) is 3. The lowest BCUT2D eigenvalue weighted by Gasteiger charge is -2.08. The molecular formula is C12H15ClN2O4. The molecule has 0 unspecified atom stereocenters. The monoisotopic (exact) mass is 286 g/mol. The Bertz CT molecular complexity index is 465. The van der Waals surface area contributed by atoms with Gasteiger partial charge in [-0.15, -0.1) is 0 Å². The largest absolute Gasteiger partial charge is 0.478 e. The molecule has 6 nitrogen and oxygen atoms in total. The molecule has 0 aliphatic rings. The number of carbonyl (C=O) groups is 2. The van der Waals surface area contributed by atoms with E-state index in [4.69, 9.17) is 21.4 Å². The molecule has 1 aromatic rings. The zero-order valence-electron chi connectivity index (χ0n) is 10.4. The molecule has 0 aliphatic heterocycles. The van der Waals surface area contributed by atoms with Crippen molar-refractivity contribution in [2.24, 2.45) is 0 Å². The molecule has 0 spiro atoms. The summed E-state index contributed by atoms with van der Waals surface area (Å²) < 4.78 is 4.85. The average Bonchev–Trinajstić information content (AvgIpc) is 2.34. The van der Waals surface area contributed by atoms with E-state index in [-0.39, 0.29) is 10.6 Å². The van der Waals surface area contributed by atoms with E-state index in [1.807, 2.05) is 0 Å². The topological polar surface area (TPSA) is 87.7 Å². The molecule has 0 saturated carbocycles. The van der Waals surface area contributed by atoms with Crippen molar-refractivity contribution in [1.29, 1.82) is 0 Å². The second-order valence-corrected chi connectivity index (χ2v) is 4.20. The van der Waals surface area contributed by atoms with Crippen LogP contribution in [0.2, 0.25) is 5.02 Å². The minimum Gasteiger partial charge on any atom is -0.478 e. The fraction of sp³-hybridized carbons (Fsp3) is 0.333. The Morgan fingerprint density at radius 1 is 1.37 bits per heavy atom. The molecular weight excluding hydrogens is 272 g/mol. The highest BCUT2D eigenvalue weighted by Gasteiger charge is 2.08. The number of halogens is 1. The molecule has 19 heavy (non-hydrogen) atoms.